The van der Waals surface area contributed by atoms with Crippen molar-refractivity contribution in [3.63, 3.8) is 0 Å². The monoisotopic (exact) mass is 427 g/mol. The van der Waals surface area contributed by atoms with Gasteiger partial charge in [0, 0.05) is 34.0 Å². The van der Waals surface area contributed by atoms with Crippen molar-refractivity contribution in [3.8, 4) is 5.88 Å². The van der Waals surface area contributed by atoms with Gasteiger partial charge in [-0.15, -0.1) is 0 Å². The first-order valence-corrected chi connectivity index (χ1v) is 11.5. The highest BCUT2D eigenvalue weighted by molar-refractivity contribution is 7.85. The molecule has 2 aliphatic carbocycles. The van der Waals surface area contributed by atoms with E-state index >= 15 is 0 Å². The van der Waals surface area contributed by atoms with Gasteiger partial charge in [-0.2, -0.15) is 9.46 Å². The molecule has 3 aliphatic rings. The molecule has 8 nitrogen and oxygen atoms in total. The molecule has 0 spiro atoms. The number of fused-ring (bicyclic) bond motifs is 3. The Morgan fingerprint density at radius 3 is 2.97 bits per heavy atom. The number of aromatic nitrogens is 2. The van der Waals surface area contributed by atoms with Crippen LogP contribution in [-0.4, -0.2) is 28.2 Å². The van der Waals surface area contributed by atoms with Crippen molar-refractivity contribution < 1.29 is 14.3 Å². The number of amides is 2. The van der Waals surface area contributed by atoms with Crippen molar-refractivity contribution in [1.29, 1.82) is 0 Å². The number of nitrogens with one attached hydrogen (secondary N) is 1. The van der Waals surface area contributed by atoms with Gasteiger partial charge in [0.05, 0.1) is 19.3 Å². The molecule has 3 N–H and O–H groups in total. The lowest BCUT2D eigenvalue weighted by atomic mass is 9.94. The third-order valence-corrected chi connectivity index (χ3v) is 7.08. The van der Waals surface area contributed by atoms with Crippen LogP contribution < -0.4 is 15.2 Å². The number of carbonyl (C=O) groups is 2. The molecule has 0 saturated heterocycles. The predicted molar refractivity (Wildman–Crippen MR) is 114 cm³/mol. The minimum Gasteiger partial charge on any atom is -0.476 e. The van der Waals surface area contributed by atoms with E-state index in [-0.39, 0.29) is 11.2 Å². The first kappa shape index (κ1) is 19.4. The summed E-state index contributed by atoms with van der Waals surface area (Å²) in [6, 6.07) is 1.52. The van der Waals surface area contributed by atoms with Gasteiger partial charge in [-0.05, 0) is 48.4 Å². The smallest absolute Gasteiger partial charge is 0.352 e. The Bertz CT molecular complexity index is 1120. The van der Waals surface area contributed by atoms with Crippen LogP contribution in [0.3, 0.4) is 0 Å². The summed E-state index contributed by atoms with van der Waals surface area (Å²) in [6.07, 6.45) is 5.66. The van der Waals surface area contributed by atoms with Gasteiger partial charge < -0.3 is 10.1 Å². The van der Waals surface area contributed by atoms with Crippen LogP contribution in [0.4, 0.5) is 10.5 Å². The molecule has 1 aliphatic heterocycles. The molecule has 2 heterocycles. The normalized spacial score (nSPS) is 19.8. The average molecular weight is 428 g/mol. The molecule has 30 heavy (non-hydrogen) atoms. The zero-order chi connectivity index (χ0) is 21.0. The highest BCUT2D eigenvalue weighted by Crippen LogP contribution is 2.39. The lowest BCUT2D eigenvalue weighted by Crippen LogP contribution is -2.33. The first-order valence-electron chi connectivity index (χ1n) is 10.2. The van der Waals surface area contributed by atoms with E-state index in [4.69, 9.17) is 9.88 Å². The van der Waals surface area contributed by atoms with Gasteiger partial charge in [0.1, 0.15) is 4.90 Å². The number of benzene rings is 1. The molecule has 1 atom stereocenters. The van der Waals surface area contributed by atoms with E-state index in [1.807, 2.05) is 6.07 Å². The number of aryl methyl sites for hydroxylation is 1. The van der Waals surface area contributed by atoms with E-state index in [0.29, 0.717) is 30.2 Å². The molecule has 0 radical (unpaired) electrons. The molecule has 2 amide bonds. The number of ether oxygens (including phenoxy) is 1. The molecule has 158 valence electrons. The lowest BCUT2D eigenvalue weighted by Gasteiger charge is -2.30. The van der Waals surface area contributed by atoms with Crippen LogP contribution in [0.2, 0.25) is 0 Å². The van der Waals surface area contributed by atoms with Crippen molar-refractivity contribution in [1.82, 2.24) is 9.78 Å². The first-order chi connectivity index (χ1) is 14.3. The number of anilines is 1. The molecule has 0 fully saturated rings. The molecular weight excluding hydrogens is 402 g/mol. The summed E-state index contributed by atoms with van der Waals surface area (Å²) in [5.74, 6) is 0.737. The maximum atomic E-state index is 12.8. The largest absolute Gasteiger partial charge is 0.476 e. The topological polar surface area (TPSA) is 112 Å². The van der Waals surface area contributed by atoms with Crippen molar-refractivity contribution in [2.24, 2.45) is 14.9 Å². The Kier molecular flexibility index (Phi) is 4.55. The third kappa shape index (κ3) is 3.26. The Morgan fingerprint density at radius 1 is 1.30 bits per heavy atom. The molecule has 1 aromatic carbocycles. The SMILES string of the molecule is CC1(C)COc2c(S(N)=NC(=O)Nc3c4c(cc5c3CCC5=O)CCC4)cnn2C1. The zero-order valence-corrected chi connectivity index (χ0v) is 18.0. The summed E-state index contributed by atoms with van der Waals surface area (Å²) < 4.78 is 11.8. The molecule has 5 rings (SSSR count). The molecule has 2 aromatic rings. The lowest BCUT2D eigenvalue weighted by molar-refractivity contribution is 0.0973. The second kappa shape index (κ2) is 7.02. The van der Waals surface area contributed by atoms with Crippen LogP contribution in [0.25, 0.3) is 0 Å². The van der Waals surface area contributed by atoms with Gasteiger partial charge in [-0.3, -0.25) is 9.93 Å². The number of carbonyl (C=O) groups excluding carboxylic acids is 2. The Morgan fingerprint density at radius 2 is 2.13 bits per heavy atom. The molecular formula is C21H25N5O3S. The van der Waals surface area contributed by atoms with Crippen LogP contribution in [0, 0.1) is 5.41 Å². The van der Waals surface area contributed by atoms with Crippen LogP contribution in [0.1, 0.15) is 53.7 Å². The van der Waals surface area contributed by atoms with Gasteiger partial charge >= 0.3 is 6.03 Å². The van der Waals surface area contributed by atoms with Crippen LogP contribution in [0.5, 0.6) is 5.88 Å². The number of Topliss-reactive ketones (excluding diaryl/α,β-unsaturated/α-hetero) is 1. The van der Waals surface area contributed by atoms with Gasteiger partial charge in [0.2, 0.25) is 5.88 Å². The number of ketones is 1. The second-order valence-electron chi connectivity index (χ2n) is 8.95. The Balaban J connectivity index is 1.43. The fraction of sp³-hybridized carbons (Fsp3) is 0.476. The Labute approximate surface area is 177 Å². The fourth-order valence-corrected chi connectivity index (χ4v) is 5.39. The zero-order valence-electron chi connectivity index (χ0n) is 17.2. The van der Waals surface area contributed by atoms with E-state index in [9.17, 15) is 9.59 Å². The van der Waals surface area contributed by atoms with Crippen molar-refractivity contribution in [3.05, 3.63) is 34.5 Å². The summed E-state index contributed by atoms with van der Waals surface area (Å²) in [7, 11) is -1.19. The quantitative estimate of drug-likeness (QED) is 0.764. The van der Waals surface area contributed by atoms with E-state index in [1.165, 1.54) is 0 Å². The number of hydrogen-bond donors (Lipinski definition) is 2. The molecule has 0 bridgehead atoms. The number of urea groups is 1. The second-order valence-corrected chi connectivity index (χ2v) is 10.2. The third-order valence-electron chi connectivity index (χ3n) is 5.99. The highest BCUT2D eigenvalue weighted by Gasteiger charge is 2.31. The van der Waals surface area contributed by atoms with E-state index in [2.05, 4.69) is 28.6 Å². The van der Waals surface area contributed by atoms with E-state index in [1.54, 1.807) is 10.9 Å². The van der Waals surface area contributed by atoms with Crippen molar-refractivity contribution in [2.75, 3.05) is 11.9 Å². The van der Waals surface area contributed by atoms with E-state index in [0.717, 1.165) is 53.7 Å². The highest BCUT2D eigenvalue weighted by atomic mass is 32.2. The summed E-state index contributed by atoms with van der Waals surface area (Å²) in [4.78, 5) is 25.6. The minimum atomic E-state index is -1.19. The van der Waals surface area contributed by atoms with Crippen LogP contribution in [-0.2, 0) is 36.7 Å². The van der Waals surface area contributed by atoms with Gasteiger partial charge in [-0.25, -0.2) is 9.48 Å². The van der Waals surface area contributed by atoms with Gasteiger partial charge in [0.15, 0.2) is 5.78 Å². The molecule has 1 unspecified atom stereocenters. The summed E-state index contributed by atoms with van der Waals surface area (Å²) in [6.45, 7) is 5.51. The van der Waals surface area contributed by atoms with Crippen molar-refractivity contribution >= 4 is 28.4 Å². The maximum Gasteiger partial charge on any atom is 0.352 e. The van der Waals surface area contributed by atoms with Crippen LogP contribution >= 0.6 is 0 Å². The fourth-order valence-electron chi connectivity index (χ4n) is 4.56. The number of nitrogens with two attached hydrogens (primary N) is 1. The summed E-state index contributed by atoms with van der Waals surface area (Å²) in [5.41, 5.74) is 4.74. The molecule has 9 heteroatoms. The molecule has 0 saturated carbocycles. The Hall–Kier alpha value is -2.52. The molecule has 1 aromatic heterocycles. The predicted octanol–water partition coefficient (Wildman–Crippen LogP) is 3.19. The van der Waals surface area contributed by atoms with Crippen LogP contribution in [0.15, 0.2) is 21.5 Å². The number of hydrogen-bond acceptors (Lipinski definition) is 4. The van der Waals surface area contributed by atoms with Gasteiger partial charge in [0.25, 0.3) is 0 Å². The number of nitrogens with zero attached hydrogens (tertiary/aromatic N) is 3. The number of rotatable bonds is 2. The maximum absolute atomic E-state index is 12.8. The minimum absolute atomic E-state index is 0.0104. The summed E-state index contributed by atoms with van der Waals surface area (Å²) in [5, 5.41) is 13.6. The average Bonchev–Trinajstić information content (AvgIpc) is 3.39. The standard InChI is InChI=1S/C21H25N5O3S/c1-21(2)10-26-19(29-11-21)17(9-23-26)30(22)25-20(28)24-18-13-5-3-4-12(13)8-15-14(18)6-7-16(15)27/h8-9H,3-7,10-11H2,1-2H3,(H3,22,24,25,28). The van der Waals surface area contributed by atoms with Gasteiger partial charge in [-0.1, -0.05) is 13.8 Å². The summed E-state index contributed by atoms with van der Waals surface area (Å²) >= 11 is 0. The van der Waals surface area contributed by atoms with Crippen molar-refractivity contribution in [2.45, 2.75) is 57.4 Å². The van der Waals surface area contributed by atoms with E-state index < -0.39 is 16.9 Å².